The van der Waals surface area contributed by atoms with E-state index in [9.17, 15) is 72.2 Å². The van der Waals surface area contributed by atoms with Gasteiger partial charge in [0.1, 0.15) is 64.4 Å². The second-order valence-corrected chi connectivity index (χ2v) is 34.6. The highest BCUT2D eigenvalue weighted by atomic mass is 16.6. The minimum absolute atomic E-state index is 0.0139. The molecule has 5 saturated heterocycles. The van der Waals surface area contributed by atoms with Crippen molar-refractivity contribution in [3.05, 3.63) is 30.0 Å². The van der Waals surface area contributed by atoms with E-state index in [1.54, 1.807) is 60.8 Å². The number of hydrogen-bond acceptors (Lipinski definition) is 24. The molecule has 6 amide bonds. The summed E-state index contributed by atoms with van der Waals surface area (Å²) in [5.74, 6) is -3.84. The number of aromatic carboxylic acids is 1. The number of nitrogens with two attached hydrogens (primary N) is 1. The number of carbonyl (C=O) groups excluding carboxylic acids is 12. The zero-order chi connectivity index (χ0) is 84.8. The summed E-state index contributed by atoms with van der Waals surface area (Å²) < 4.78 is 34.3. The number of nitrogens with one attached hydrogen (secondary N) is 7. The van der Waals surface area contributed by atoms with Crippen LogP contribution in [0.2, 0.25) is 0 Å². The van der Waals surface area contributed by atoms with Gasteiger partial charge in [-0.2, -0.15) is 0 Å². The molecule has 0 bridgehead atoms. The molecule has 33 nitrogen and oxygen atoms in total. The molecule has 5 saturated carbocycles. The van der Waals surface area contributed by atoms with Crippen LogP contribution >= 0.6 is 0 Å². The van der Waals surface area contributed by atoms with Crippen LogP contribution in [0.5, 0.6) is 5.75 Å². The van der Waals surface area contributed by atoms with Crippen molar-refractivity contribution in [2.75, 3.05) is 75.3 Å². The number of fused-ring (bicyclic) bond motifs is 1. The first-order valence-corrected chi connectivity index (χ1v) is 40.6. The van der Waals surface area contributed by atoms with E-state index in [4.69, 9.17) is 34.5 Å². The summed E-state index contributed by atoms with van der Waals surface area (Å²) in [5.41, 5.74) is 5.76. The maximum absolute atomic E-state index is 12.8. The Morgan fingerprint density at radius 3 is 1.46 bits per heavy atom. The highest BCUT2D eigenvalue weighted by Gasteiger charge is 2.52. The number of carboxylic acid groups (broad SMARTS) is 2. The zero-order valence-corrected chi connectivity index (χ0v) is 69.2. The maximum atomic E-state index is 12.8. The number of alkyl carbamates (subject to hydrolysis) is 1. The molecule has 0 radical (unpaired) electrons. The van der Waals surface area contributed by atoms with E-state index in [1.807, 2.05) is 19.2 Å². The Balaban J connectivity index is 0.000000194. The van der Waals surface area contributed by atoms with Gasteiger partial charge in [0.15, 0.2) is 0 Å². The van der Waals surface area contributed by atoms with Crippen molar-refractivity contribution in [2.45, 2.75) is 268 Å². The fraction of sp³-hybridized carbons (Fsp3) is 0.732. The molecule has 1 aromatic heterocycles. The summed E-state index contributed by atoms with van der Waals surface area (Å²) >= 11 is 0. The number of Topliss-reactive ketones (excluding diaryl/α,β-unsaturated/α-hetero) is 2. The second kappa shape index (κ2) is 42.2. The number of ketones is 2. The van der Waals surface area contributed by atoms with E-state index in [1.165, 1.54) is 84.7 Å². The van der Waals surface area contributed by atoms with Crippen LogP contribution in [0.3, 0.4) is 0 Å². The fourth-order valence-electron chi connectivity index (χ4n) is 17.8. The van der Waals surface area contributed by atoms with Crippen LogP contribution in [0.4, 0.5) is 9.59 Å². The van der Waals surface area contributed by atoms with Gasteiger partial charge in [0, 0.05) is 80.1 Å². The molecule has 6 heterocycles. The standard InChI is InChI=1S/C19H30N2O4.C18H28N2O4.C14H23NO4.C13H22N2O5.C10H9NO3.C8H14N2O3/c1-21-12-19(8-3-4-9-19)11-15(21)17(23)20-14(18(24)25-2)10-13-6-5-7-16(13)22;1-24-17(23)13(9-12-5-4-6-15(12)21)20-16(22)14-10-18(11-19-14)7-2-3-8-18;1-13(2,3)19-12(18)15-9-14(6-4-5-7-14)8-10(15)11(16)17;1-13(2,3)20-12(18)15-9(11(17)19-4)7-8-5-6-14-10(8)16;1-14-9-4-2-3-7-6(9)5-8(11-7)10(12)13;1-13-8(12)6(9)4-5-2-3-10-7(5)11/h13-15H,3-12H2,1-2H3,(H,20,23);12-14,19H,2-11H2,1H3,(H,20,22);10H,4-9H2,1-3H3,(H,16,17);8-9H,5-7H2,1-4H3,(H,14,16)(H,15,18);2-5,11H,1H3,(H,12,13);5-6H,2-4,9H2,1H3,(H,10,11)/t13-,14-,15-;12-,13-,14-;10-;8-,9-;;5-,6-/m0000.0/s1. The Morgan fingerprint density at radius 2 is 1.02 bits per heavy atom. The van der Waals surface area contributed by atoms with Gasteiger partial charge in [0.05, 0.1) is 47.6 Å². The number of aliphatic carboxylic acids is 1. The predicted molar refractivity (Wildman–Crippen MR) is 419 cm³/mol. The maximum Gasteiger partial charge on any atom is 0.411 e. The molecule has 10 aliphatic rings. The first-order valence-electron chi connectivity index (χ1n) is 40.6. The van der Waals surface area contributed by atoms with Crippen molar-refractivity contribution in [2.24, 2.45) is 45.7 Å². The number of carboxylic acids is 2. The number of carbonyl (C=O) groups is 14. The van der Waals surface area contributed by atoms with Gasteiger partial charge < -0.3 is 86.0 Å². The van der Waals surface area contributed by atoms with Crippen LogP contribution in [0.1, 0.15) is 225 Å². The van der Waals surface area contributed by atoms with E-state index < -0.39 is 89.4 Å². The average Bonchev–Trinajstić information content (AvgIpc) is 1.65. The SMILES string of the molecule is CC(C)(C)OC(=O)N1CC2(CCCC2)C[C@H]1C(=O)O.COC(=O)[C@@H](N)C[C@@H]1CCNC1=O.COC(=O)[C@H](C[C@@H]1CCCC1=O)NC(=O)[C@@H]1CC2(CCCC2)CN1.COC(=O)[C@H](C[C@@H]1CCCC1=O)NC(=O)[C@@H]1CC2(CCCC2)CN1C.COC(=O)[C@H](C[C@@H]1CCNC1=O)NC(=O)OC(C)(C)C.COc1cccc2[nH]c(C(=O)O)cc12. The van der Waals surface area contributed by atoms with Gasteiger partial charge in [-0.25, -0.2) is 33.6 Å². The smallest absolute Gasteiger partial charge is 0.411 e. The Morgan fingerprint density at radius 1 is 0.557 bits per heavy atom. The average molecular weight is 1620 g/mol. The molecule has 11 N–H and O–H groups in total. The molecule has 642 valence electrons. The number of benzene rings is 1. The molecule has 10 fully saturated rings. The summed E-state index contributed by atoms with van der Waals surface area (Å²) in [5, 5.41) is 35.8. The van der Waals surface area contributed by atoms with Gasteiger partial charge in [-0.05, 0) is 205 Å². The fourth-order valence-corrected chi connectivity index (χ4v) is 17.8. The van der Waals surface area contributed by atoms with Crippen molar-refractivity contribution in [3.8, 4) is 5.75 Å². The first-order chi connectivity index (χ1) is 54.3. The molecule has 33 heteroatoms. The van der Waals surface area contributed by atoms with E-state index in [-0.39, 0.29) is 99.3 Å². The molecule has 11 atom stereocenters. The molecule has 3 spiro atoms. The van der Waals surface area contributed by atoms with Crippen LogP contribution < -0.4 is 42.4 Å². The van der Waals surface area contributed by atoms with E-state index in [2.05, 4.69) is 51.3 Å². The van der Waals surface area contributed by atoms with Crippen molar-refractivity contribution in [3.63, 3.8) is 0 Å². The highest BCUT2D eigenvalue weighted by Crippen LogP contribution is 2.50. The molecule has 12 rings (SSSR count). The van der Waals surface area contributed by atoms with Crippen LogP contribution in [-0.4, -0.2) is 237 Å². The first kappa shape index (κ1) is 93.2. The summed E-state index contributed by atoms with van der Waals surface area (Å²) in [4.78, 5) is 171. The molecular weight excluding hydrogens is 1490 g/mol. The van der Waals surface area contributed by atoms with Gasteiger partial charge >= 0.3 is 48.0 Å². The zero-order valence-electron chi connectivity index (χ0n) is 69.2. The lowest BCUT2D eigenvalue weighted by Crippen LogP contribution is -2.49. The number of aromatic amines is 1. The molecule has 5 aliphatic carbocycles. The topological polar surface area (TPSA) is 465 Å². The van der Waals surface area contributed by atoms with Crippen LogP contribution in [0, 0.1) is 39.9 Å². The number of H-pyrrole nitrogens is 1. The second-order valence-electron chi connectivity index (χ2n) is 34.6. The quantitative estimate of drug-likeness (QED) is 0.0466. The van der Waals surface area contributed by atoms with Crippen molar-refractivity contribution in [1.82, 2.24) is 46.7 Å². The van der Waals surface area contributed by atoms with Crippen LogP contribution in [0.25, 0.3) is 10.9 Å². The summed E-state index contributed by atoms with van der Waals surface area (Å²) in [6.45, 7) is 14.2. The molecule has 2 aromatic rings. The van der Waals surface area contributed by atoms with E-state index >= 15 is 0 Å². The molecular formula is C82H126N10O23. The summed E-state index contributed by atoms with van der Waals surface area (Å²) in [6.07, 6.45) is 22.3. The highest BCUT2D eigenvalue weighted by molar-refractivity contribution is 5.96. The lowest BCUT2D eigenvalue weighted by atomic mass is 9.83. The van der Waals surface area contributed by atoms with Gasteiger partial charge in [0.25, 0.3) is 0 Å². The van der Waals surface area contributed by atoms with Crippen LogP contribution in [-0.2, 0) is 81.2 Å². The summed E-state index contributed by atoms with van der Waals surface area (Å²) in [7, 11) is 8.72. The molecule has 5 aliphatic heterocycles. The number of amides is 6. The van der Waals surface area contributed by atoms with Gasteiger partial charge in [-0.15, -0.1) is 0 Å². The normalized spacial score (nSPS) is 24.4. The Kier molecular flexibility index (Phi) is 34.2. The molecule has 115 heavy (non-hydrogen) atoms. The van der Waals surface area contributed by atoms with E-state index in [0.29, 0.717) is 70.3 Å². The van der Waals surface area contributed by atoms with Crippen molar-refractivity contribution >= 4 is 94.1 Å². The minimum atomic E-state index is -0.969. The number of likely N-dealkylation sites (N-methyl/N-ethyl adjacent to an activating group) is 1. The number of rotatable bonds is 20. The number of esters is 4. The third kappa shape index (κ3) is 27.0. The van der Waals surface area contributed by atoms with Crippen LogP contribution in [0.15, 0.2) is 24.3 Å². The number of ether oxygens (including phenoxy) is 7. The van der Waals surface area contributed by atoms with Gasteiger partial charge in [0.2, 0.25) is 23.6 Å². The number of methoxy groups -OCH3 is 5. The van der Waals surface area contributed by atoms with Gasteiger partial charge in [-0.3, -0.25) is 43.4 Å². The third-order valence-corrected chi connectivity index (χ3v) is 23.8. The number of aromatic nitrogens is 1. The number of nitrogens with zero attached hydrogens (tertiary/aromatic N) is 2. The molecule has 1 aromatic carbocycles. The van der Waals surface area contributed by atoms with Gasteiger partial charge in [-0.1, -0.05) is 44.6 Å². The van der Waals surface area contributed by atoms with Crippen molar-refractivity contribution < 1.29 is 110 Å². The Bertz CT molecular complexity index is 3740. The Hall–Kier alpha value is -8.98. The number of hydrogen-bond donors (Lipinski definition) is 10. The largest absolute Gasteiger partial charge is 0.496 e. The molecule has 0 unspecified atom stereocenters. The Labute approximate surface area is 673 Å². The van der Waals surface area contributed by atoms with Crippen molar-refractivity contribution in [1.29, 1.82) is 0 Å². The third-order valence-electron chi connectivity index (χ3n) is 23.8. The lowest BCUT2D eigenvalue weighted by Gasteiger charge is -2.27. The number of likely N-dealkylation sites (tertiary alicyclic amines) is 2. The summed E-state index contributed by atoms with van der Waals surface area (Å²) in [6, 6.07) is 2.80. The minimum Gasteiger partial charge on any atom is -0.496 e. The lowest BCUT2D eigenvalue weighted by molar-refractivity contribution is -0.146. The van der Waals surface area contributed by atoms with E-state index in [0.717, 1.165) is 94.6 Å². The predicted octanol–water partition coefficient (Wildman–Crippen LogP) is 7.10. The monoisotopic (exact) mass is 1620 g/mol.